The smallest absolute Gasteiger partial charge is 0.416 e. The van der Waals surface area contributed by atoms with Gasteiger partial charge in [-0.2, -0.15) is 13.2 Å². The van der Waals surface area contributed by atoms with Crippen LogP contribution >= 0.6 is 23.2 Å². The number of anilines is 1. The molecule has 0 aromatic heterocycles. The zero-order valence-corrected chi connectivity index (χ0v) is 10.6. The first-order valence-corrected chi connectivity index (χ1v) is 5.51. The summed E-state index contributed by atoms with van der Waals surface area (Å²) in [6, 6.07) is 1.35. The van der Waals surface area contributed by atoms with Crippen LogP contribution in [-0.2, 0) is 10.9 Å². The van der Waals surface area contributed by atoms with E-state index in [0.717, 1.165) is 0 Å². The number of ether oxygens (including phenoxy) is 1. The monoisotopic (exact) mass is 301 g/mol. The molecule has 0 fully saturated rings. The van der Waals surface area contributed by atoms with Crippen molar-refractivity contribution >= 4 is 35.0 Å². The van der Waals surface area contributed by atoms with Crippen molar-refractivity contribution in [2.45, 2.75) is 13.1 Å². The molecule has 1 rings (SSSR count). The molecule has 3 nitrogen and oxygen atoms in total. The molecule has 1 aromatic rings. The summed E-state index contributed by atoms with van der Waals surface area (Å²) in [5.74, 6) is 0. The second kappa shape index (κ2) is 5.67. The van der Waals surface area contributed by atoms with Gasteiger partial charge < -0.3 is 4.74 Å². The lowest BCUT2D eigenvalue weighted by atomic mass is 10.2. The topological polar surface area (TPSA) is 38.3 Å². The maximum absolute atomic E-state index is 12.4. The highest BCUT2D eigenvalue weighted by molar-refractivity contribution is 6.39. The maximum atomic E-state index is 12.4. The number of amides is 1. The molecule has 0 saturated carbocycles. The molecule has 8 heteroatoms. The maximum Gasteiger partial charge on any atom is 0.416 e. The van der Waals surface area contributed by atoms with Crippen LogP contribution in [0.4, 0.5) is 23.7 Å². The van der Waals surface area contributed by atoms with Gasteiger partial charge in [-0.05, 0) is 19.1 Å². The predicted molar refractivity (Wildman–Crippen MR) is 62.1 cm³/mol. The summed E-state index contributed by atoms with van der Waals surface area (Å²) in [6.45, 7) is 1.69. The Morgan fingerprint density at radius 3 is 2.22 bits per heavy atom. The van der Waals surface area contributed by atoms with E-state index >= 15 is 0 Å². The number of rotatable bonds is 2. The van der Waals surface area contributed by atoms with Crippen LogP contribution in [-0.4, -0.2) is 12.7 Å². The molecule has 0 atom stereocenters. The average molecular weight is 302 g/mol. The van der Waals surface area contributed by atoms with Gasteiger partial charge in [0.05, 0.1) is 27.9 Å². The normalized spacial score (nSPS) is 11.2. The fourth-order valence-corrected chi connectivity index (χ4v) is 1.71. The summed E-state index contributed by atoms with van der Waals surface area (Å²) >= 11 is 11.3. The Bertz CT molecular complexity index is 440. The molecule has 0 saturated heterocycles. The van der Waals surface area contributed by atoms with Gasteiger partial charge in [0.2, 0.25) is 0 Å². The van der Waals surface area contributed by atoms with Crippen LogP contribution in [0.5, 0.6) is 0 Å². The van der Waals surface area contributed by atoms with Gasteiger partial charge in [0.15, 0.2) is 0 Å². The summed E-state index contributed by atoms with van der Waals surface area (Å²) in [7, 11) is 0. The van der Waals surface area contributed by atoms with Crippen molar-refractivity contribution in [1.82, 2.24) is 0 Å². The van der Waals surface area contributed by atoms with Crippen LogP contribution in [0.15, 0.2) is 12.1 Å². The number of hydrogen-bond acceptors (Lipinski definition) is 2. The zero-order chi connectivity index (χ0) is 13.9. The van der Waals surface area contributed by atoms with E-state index in [1.165, 1.54) is 0 Å². The number of halogens is 5. The van der Waals surface area contributed by atoms with Crippen molar-refractivity contribution < 1.29 is 22.7 Å². The van der Waals surface area contributed by atoms with Crippen LogP contribution in [0.2, 0.25) is 10.0 Å². The van der Waals surface area contributed by atoms with Crippen LogP contribution in [0.3, 0.4) is 0 Å². The van der Waals surface area contributed by atoms with Gasteiger partial charge in [-0.3, -0.25) is 5.32 Å². The lowest BCUT2D eigenvalue weighted by Crippen LogP contribution is -2.14. The van der Waals surface area contributed by atoms with Gasteiger partial charge in [0, 0.05) is 0 Å². The molecule has 100 valence electrons. The fraction of sp³-hybridized carbons (Fsp3) is 0.300. The van der Waals surface area contributed by atoms with Crippen molar-refractivity contribution in [2.75, 3.05) is 11.9 Å². The Morgan fingerprint density at radius 2 is 1.83 bits per heavy atom. The first-order valence-electron chi connectivity index (χ1n) is 4.75. The van der Waals surface area contributed by atoms with Crippen molar-refractivity contribution in [3.05, 3.63) is 27.7 Å². The molecule has 0 aliphatic rings. The Labute approximate surface area is 111 Å². The van der Waals surface area contributed by atoms with Gasteiger partial charge >= 0.3 is 12.3 Å². The molecule has 18 heavy (non-hydrogen) atoms. The summed E-state index contributed by atoms with van der Waals surface area (Å²) in [6.07, 6.45) is -5.41. The third-order valence-electron chi connectivity index (χ3n) is 1.87. The summed E-state index contributed by atoms with van der Waals surface area (Å²) in [5, 5.41) is 1.53. The van der Waals surface area contributed by atoms with Crippen LogP contribution in [0.1, 0.15) is 12.5 Å². The Morgan fingerprint density at radius 1 is 1.33 bits per heavy atom. The highest BCUT2D eigenvalue weighted by atomic mass is 35.5. The second-order valence-electron chi connectivity index (χ2n) is 3.16. The number of hydrogen-bond donors (Lipinski definition) is 1. The molecule has 0 radical (unpaired) electrons. The molecule has 1 amide bonds. The highest BCUT2D eigenvalue weighted by Gasteiger charge is 2.32. The van der Waals surface area contributed by atoms with Gasteiger partial charge in [0.25, 0.3) is 0 Å². The van der Waals surface area contributed by atoms with Gasteiger partial charge in [-0.25, -0.2) is 4.79 Å². The molecule has 0 aliphatic heterocycles. The summed E-state index contributed by atoms with van der Waals surface area (Å²) in [5.41, 5.74) is -1.11. The number of carbonyl (C=O) groups is 1. The molecule has 0 bridgehead atoms. The molecule has 0 spiro atoms. The van der Waals surface area contributed by atoms with Crippen LogP contribution in [0.25, 0.3) is 0 Å². The van der Waals surface area contributed by atoms with Crippen LogP contribution in [0, 0.1) is 0 Å². The summed E-state index contributed by atoms with van der Waals surface area (Å²) < 4.78 is 41.9. The first kappa shape index (κ1) is 14.9. The molecule has 0 unspecified atom stereocenters. The van der Waals surface area contributed by atoms with E-state index in [4.69, 9.17) is 23.2 Å². The number of alkyl halides is 3. The molecule has 1 aromatic carbocycles. The van der Waals surface area contributed by atoms with E-state index < -0.39 is 17.8 Å². The highest BCUT2D eigenvalue weighted by Crippen LogP contribution is 2.38. The van der Waals surface area contributed by atoms with E-state index in [0.29, 0.717) is 12.1 Å². The first-order chi connectivity index (χ1) is 8.25. The van der Waals surface area contributed by atoms with E-state index in [-0.39, 0.29) is 22.3 Å². The lowest BCUT2D eigenvalue weighted by molar-refractivity contribution is -0.137. The van der Waals surface area contributed by atoms with Crippen LogP contribution < -0.4 is 5.32 Å². The minimum absolute atomic E-state index is 0.113. The molecule has 0 aliphatic carbocycles. The Kier molecular flexibility index (Phi) is 4.70. The lowest BCUT2D eigenvalue weighted by Gasteiger charge is -2.12. The molecule has 0 heterocycles. The second-order valence-corrected chi connectivity index (χ2v) is 3.97. The van der Waals surface area contributed by atoms with E-state index in [9.17, 15) is 18.0 Å². The van der Waals surface area contributed by atoms with Crippen molar-refractivity contribution in [2.24, 2.45) is 0 Å². The van der Waals surface area contributed by atoms with Gasteiger partial charge in [-0.1, -0.05) is 23.2 Å². The molecular formula is C10H8Cl2F3NO2. The minimum Gasteiger partial charge on any atom is -0.450 e. The van der Waals surface area contributed by atoms with E-state index in [1.807, 2.05) is 0 Å². The molecular weight excluding hydrogens is 294 g/mol. The van der Waals surface area contributed by atoms with E-state index in [2.05, 4.69) is 10.1 Å². The minimum atomic E-state index is -4.56. The quantitative estimate of drug-likeness (QED) is 0.868. The van der Waals surface area contributed by atoms with Gasteiger partial charge in [-0.15, -0.1) is 0 Å². The Hall–Kier alpha value is -1.14. The Balaban J connectivity index is 3.06. The summed E-state index contributed by atoms with van der Waals surface area (Å²) in [4.78, 5) is 11.1. The third-order valence-corrected chi connectivity index (χ3v) is 2.47. The van der Waals surface area contributed by atoms with Gasteiger partial charge in [0.1, 0.15) is 0 Å². The van der Waals surface area contributed by atoms with Crippen molar-refractivity contribution in [1.29, 1.82) is 0 Å². The third kappa shape index (κ3) is 3.68. The average Bonchev–Trinajstić information content (AvgIpc) is 2.22. The predicted octanol–water partition coefficient (Wildman–Crippen LogP) is 4.58. The zero-order valence-electron chi connectivity index (χ0n) is 9.07. The fourth-order valence-electron chi connectivity index (χ4n) is 1.13. The standard InChI is InChI=1S/C10H8Cl2F3NO2/c1-2-18-9(17)16-8-6(11)3-5(4-7(8)12)10(13,14)15/h3-4H,2H2,1H3,(H,16,17). The largest absolute Gasteiger partial charge is 0.450 e. The number of nitrogens with one attached hydrogen (secondary N) is 1. The SMILES string of the molecule is CCOC(=O)Nc1c(Cl)cc(C(F)(F)F)cc1Cl. The van der Waals surface area contributed by atoms with E-state index in [1.54, 1.807) is 6.92 Å². The van der Waals surface area contributed by atoms with Crippen molar-refractivity contribution in [3.8, 4) is 0 Å². The molecule has 1 N–H and O–H groups in total. The van der Waals surface area contributed by atoms with Crippen molar-refractivity contribution in [3.63, 3.8) is 0 Å². The number of benzene rings is 1. The number of carbonyl (C=O) groups excluding carboxylic acids is 1.